The van der Waals surface area contributed by atoms with E-state index in [1.54, 1.807) is 18.0 Å². The summed E-state index contributed by atoms with van der Waals surface area (Å²) in [6.45, 7) is 3.86. The molecule has 82 valence electrons. The van der Waals surface area contributed by atoms with Crippen LogP contribution in [0.1, 0.15) is 19.1 Å². The second-order valence-electron chi connectivity index (χ2n) is 3.63. The van der Waals surface area contributed by atoms with E-state index < -0.39 is 5.54 Å². The predicted molar refractivity (Wildman–Crippen MR) is 61.9 cm³/mol. The third-order valence-electron chi connectivity index (χ3n) is 2.47. The van der Waals surface area contributed by atoms with Gasteiger partial charge in [0.1, 0.15) is 11.3 Å². The van der Waals surface area contributed by atoms with E-state index in [0.29, 0.717) is 0 Å². The first-order valence-corrected chi connectivity index (χ1v) is 5.87. The van der Waals surface area contributed by atoms with Gasteiger partial charge in [0, 0.05) is 10.6 Å². The van der Waals surface area contributed by atoms with E-state index in [2.05, 4.69) is 11.4 Å². The molecule has 15 heavy (non-hydrogen) atoms. The summed E-state index contributed by atoms with van der Waals surface area (Å²) in [5.41, 5.74) is -0.426. The lowest BCUT2D eigenvalue weighted by molar-refractivity contribution is 0.479. The average Bonchev–Trinajstić information content (AvgIpc) is 2.64. The van der Waals surface area contributed by atoms with Crippen LogP contribution in [0.2, 0.25) is 0 Å². The fourth-order valence-electron chi connectivity index (χ4n) is 1.12. The molecule has 0 radical (unpaired) electrons. The number of hydrogen-bond donors (Lipinski definition) is 1. The number of furan rings is 1. The Hall–Kier alpha value is -0.920. The van der Waals surface area contributed by atoms with Crippen molar-refractivity contribution < 1.29 is 4.42 Å². The third kappa shape index (κ3) is 3.29. The van der Waals surface area contributed by atoms with Gasteiger partial charge in [-0.2, -0.15) is 5.26 Å². The van der Waals surface area contributed by atoms with Gasteiger partial charge >= 0.3 is 0 Å². The first-order chi connectivity index (χ1) is 7.11. The molecule has 4 heteroatoms. The van der Waals surface area contributed by atoms with E-state index in [9.17, 15) is 0 Å². The zero-order chi connectivity index (χ0) is 11.3. The molecule has 0 aliphatic heterocycles. The van der Waals surface area contributed by atoms with Crippen molar-refractivity contribution >= 4 is 11.8 Å². The molecule has 0 saturated heterocycles. The van der Waals surface area contributed by atoms with E-state index in [1.807, 2.05) is 27.0 Å². The van der Waals surface area contributed by atoms with E-state index in [4.69, 9.17) is 9.68 Å². The summed E-state index contributed by atoms with van der Waals surface area (Å²) in [5, 5.41) is 12.0. The zero-order valence-electron chi connectivity index (χ0n) is 9.33. The Kier molecular flexibility index (Phi) is 4.25. The molecule has 1 aromatic heterocycles. The Morgan fingerprint density at radius 3 is 2.87 bits per heavy atom. The number of nitrogens with zero attached hydrogens (tertiary/aromatic N) is 1. The third-order valence-corrected chi connectivity index (χ3v) is 3.61. The van der Waals surface area contributed by atoms with Crippen molar-refractivity contribution in [1.82, 2.24) is 5.32 Å². The topological polar surface area (TPSA) is 49.0 Å². The van der Waals surface area contributed by atoms with E-state index >= 15 is 0 Å². The molecule has 0 bridgehead atoms. The molecule has 1 N–H and O–H groups in total. The maximum Gasteiger partial charge on any atom is 0.114 e. The van der Waals surface area contributed by atoms with Gasteiger partial charge in [0.15, 0.2) is 0 Å². The lowest BCUT2D eigenvalue weighted by Gasteiger charge is -2.19. The molecular formula is C11H16N2OS. The highest BCUT2D eigenvalue weighted by molar-refractivity contribution is 7.99. The maximum atomic E-state index is 8.96. The zero-order valence-corrected chi connectivity index (χ0v) is 10.1. The van der Waals surface area contributed by atoms with Crippen molar-refractivity contribution in [2.75, 3.05) is 12.8 Å². The number of rotatable bonds is 5. The van der Waals surface area contributed by atoms with Crippen LogP contribution in [0.5, 0.6) is 0 Å². The van der Waals surface area contributed by atoms with Crippen LogP contribution in [0.3, 0.4) is 0 Å². The van der Waals surface area contributed by atoms with Crippen LogP contribution < -0.4 is 5.32 Å². The minimum Gasteiger partial charge on any atom is -0.468 e. The van der Waals surface area contributed by atoms with E-state index in [1.165, 1.54) is 0 Å². The second kappa shape index (κ2) is 5.24. The van der Waals surface area contributed by atoms with Crippen LogP contribution in [0.15, 0.2) is 21.6 Å². The lowest BCUT2D eigenvalue weighted by atomic mass is 10.0. The summed E-state index contributed by atoms with van der Waals surface area (Å²) in [6, 6.07) is 4.24. The molecular weight excluding hydrogens is 208 g/mol. The molecule has 0 aliphatic rings. The number of nitrogens with one attached hydrogen (secondary N) is 1. The molecule has 0 saturated carbocycles. The molecule has 0 fully saturated rings. The highest BCUT2D eigenvalue weighted by Crippen LogP contribution is 2.25. The summed E-state index contributed by atoms with van der Waals surface area (Å²) in [6.07, 6.45) is 2.51. The Morgan fingerprint density at radius 1 is 1.67 bits per heavy atom. The SMILES string of the molecule is CNC(C)(C#N)CCSc1ccoc1C. The van der Waals surface area contributed by atoms with Crippen LogP contribution in [-0.4, -0.2) is 18.3 Å². The highest BCUT2D eigenvalue weighted by Gasteiger charge is 2.20. The summed E-state index contributed by atoms with van der Waals surface area (Å²) in [4.78, 5) is 1.16. The molecule has 0 amide bonds. The van der Waals surface area contributed by atoms with Gasteiger partial charge in [0.2, 0.25) is 0 Å². The Labute approximate surface area is 94.8 Å². The Morgan fingerprint density at radius 2 is 2.40 bits per heavy atom. The van der Waals surface area contributed by atoms with Gasteiger partial charge < -0.3 is 9.73 Å². The molecule has 1 rings (SSSR count). The molecule has 3 nitrogen and oxygen atoms in total. The van der Waals surface area contributed by atoms with Crippen molar-refractivity contribution in [2.24, 2.45) is 0 Å². The van der Waals surface area contributed by atoms with Crippen molar-refractivity contribution in [1.29, 1.82) is 5.26 Å². The van der Waals surface area contributed by atoms with Crippen LogP contribution in [0, 0.1) is 18.3 Å². The number of thioether (sulfide) groups is 1. The van der Waals surface area contributed by atoms with Gasteiger partial charge in [0.25, 0.3) is 0 Å². The standard InChI is InChI=1S/C11H16N2OS/c1-9-10(4-6-14-9)15-7-5-11(2,8-12)13-3/h4,6,13H,5,7H2,1-3H3. The Bertz CT molecular complexity index is 356. The van der Waals surface area contributed by atoms with E-state index in [-0.39, 0.29) is 0 Å². The number of hydrogen-bond acceptors (Lipinski definition) is 4. The van der Waals surface area contributed by atoms with Gasteiger partial charge in [-0.3, -0.25) is 0 Å². The summed E-state index contributed by atoms with van der Waals surface area (Å²) >= 11 is 1.73. The maximum absolute atomic E-state index is 8.96. The molecule has 0 aliphatic carbocycles. The predicted octanol–water partition coefficient (Wildman–Crippen LogP) is 2.57. The van der Waals surface area contributed by atoms with Gasteiger partial charge in [-0.25, -0.2) is 0 Å². The van der Waals surface area contributed by atoms with E-state index in [0.717, 1.165) is 22.8 Å². The summed E-state index contributed by atoms with van der Waals surface area (Å²) in [5.74, 6) is 1.86. The minimum atomic E-state index is -0.426. The molecule has 0 aromatic carbocycles. The van der Waals surface area contributed by atoms with Crippen molar-refractivity contribution in [3.8, 4) is 6.07 Å². The fourth-order valence-corrected chi connectivity index (χ4v) is 2.26. The summed E-state index contributed by atoms with van der Waals surface area (Å²) in [7, 11) is 1.82. The van der Waals surface area contributed by atoms with Gasteiger partial charge in [-0.15, -0.1) is 11.8 Å². The summed E-state index contributed by atoms with van der Waals surface area (Å²) < 4.78 is 5.20. The normalized spacial score (nSPS) is 14.5. The monoisotopic (exact) mass is 224 g/mol. The van der Waals surface area contributed by atoms with Crippen LogP contribution in [0.25, 0.3) is 0 Å². The Balaban J connectivity index is 2.40. The smallest absolute Gasteiger partial charge is 0.114 e. The first kappa shape index (κ1) is 12.2. The number of aryl methyl sites for hydroxylation is 1. The molecule has 1 unspecified atom stereocenters. The fraction of sp³-hybridized carbons (Fsp3) is 0.545. The molecule has 1 heterocycles. The largest absolute Gasteiger partial charge is 0.468 e. The average molecular weight is 224 g/mol. The van der Waals surface area contributed by atoms with Crippen LogP contribution in [-0.2, 0) is 0 Å². The number of nitriles is 1. The van der Waals surface area contributed by atoms with Crippen LogP contribution in [0.4, 0.5) is 0 Å². The first-order valence-electron chi connectivity index (χ1n) is 4.88. The molecule has 1 aromatic rings. The van der Waals surface area contributed by atoms with Gasteiger partial charge in [0.05, 0.1) is 12.3 Å². The quantitative estimate of drug-likeness (QED) is 0.781. The highest BCUT2D eigenvalue weighted by atomic mass is 32.2. The lowest BCUT2D eigenvalue weighted by Crippen LogP contribution is -2.38. The van der Waals surface area contributed by atoms with Crippen molar-refractivity contribution in [3.05, 3.63) is 18.1 Å². The second-order valence-corrected chi connectivity index (χ2v) is 4.77. The minimum absolute atomic E-state index is 0.426. The van der Waals surface area contributed by atoms with Gasteiger partial charge in [-0.1, -0.05) is 0 Å². The van der Waals surface area contributed by atoms with Gasteiger partial charge in [-0.05, 0) is 33.4 Å². The molecule has 0 spiro atoms. The van der Waals surface area contributed by atoms with Crippen molar-refractivity contribution in [3.63, 3.8) is 0 Å². The molecule has 1 atom stereocenters. The van der Waals surface area contributed by atoms with Crippen LogP contribution >= 0.6 is 11.8 Å². The van der Waals surface area contributed by atoms with Crippen molar-refractivity contribution in [2.45, 2.75) is 30.7 Å².